The lowest BCUT2D eigenvalue weighted by molar-refractivity contribution is -0.137. The van der Waals surface area contributed by atoms with Crippen molar-refractivity contribution in [3.8, 4) is 0 Å². The molecule has 1 aromatic heterocycles. The Labute approximate surface area is 173 Å². The van der Waals surface area contributed by atoms with E-state index in [0.717, 1.165) is 15.7 Å². The number of aryl methyl sites for hydroxylation is 1. The van der Waals surface area contributed by atoms with Crippen LogP contribution in [0, 0.1) is 17.4 Å². The summed E-state index contributed by atoms with van der Waals surface area (Å²) in [7, 11) is 0. The largest absolute Gasteiger partial charge is 0.416 e. The number of halogens is 4. The van der Waals surface area contributed by atoms with E-state index in [1.54, 1.807) is 36.7 Å². The molecule has 0 atom stereocenters. The first-order chi connectivity index (χ1) is 13.2. The molecule has 8 heteroatoms. The second kappa shape index (κ2) is 7.94. The molecule has 0 bridgehead atoms. The third-order valence-corrected chi connectivity index (χ3v) is 5.27. The van der Waals surface area contributed by atoms with Crippen molar-refractivity contribution in [2.24, 2.45) is 0 Å². The molecule has 0 unspecified atom stereocenters. The minimum atomic E-state index is -4.39. The first kappa shape index (κ1) is 20.4. The zero-order chi connectivity index (χ0) is 20.5. The number of alkyl halides is 3. The maximum absolute atomic E-state index is 12.9. The van der Waals surface area contributed by atoms with Crippen molar-refractivity contribution in [3.05, 3.63) is 80.2 Å². The third-order valence-electron chi connectivity index (χ3n) is 4.33. The third kappa shape index (κ3) is 4.37. The van der Waals surface area contributed by atoms with Gasteiger partial charge in [-0.25, -0.2) is 0 Å². The maximum atomic E-state index is 12.9. The average molecular weight is 499 g/mol. The number of amides is 1. The van der Waals surface area contributed by atoms with Gasteiger partial charge in [0.1, 0.15) is 0 Å². The lowest BCUT2D eigenvalue weighted by atomic mass is 10.1. The Morgan fingerprint density at radius 1 is 1.14 bits per heavy atom. The summed E-state index contributed by atoms with van der Waals surface area (Å²) in [5, 5.41) is 7.26. The fourth-order valence-electron chi connectivity index (χ4n) is 2.88. The predicted molar refractivity (Wildman–Crippen MR) is 109 cm³/mol. The van der Waals surface area contributed by atoms with E-state index in [1.165, 1.54) is 6.07 Å². The highest BCUT2D eigenvalue weighted by molar-refractivity contribution is 14.1. The molecule has 0 saturated carbocycles. The van der Waals surface area contributed by atoms with E-state index in [2.05, 4.69) is 33.0 Å². The molecule has 0 aliphatic heterocycles. The normalized spacial score (nSPS) is 11.5. The molecule has 0 spiro atoms. The van der Waals surface area contributed by atoms with Crippen LogP contribution in [0.25, 0.3) is 0 Å². The number of hydrogen-bond acceptors (Lipinski definition) is 2. The molecule has 1 amide bonds. The molecule has 0 fully saturated rings. The Morgan fingerprint density at radius 2 is 1.86 bits per heavy atom. The van der Waals surface area contributed by atoms with Crippen LogP contribution in [-0.4, -0.2) is 15.7 Å². The van der Waals surface area contributed by atoms with E-state index in [4.69, 9.17) is 0 Å². The minimum Gasteiger partial charge on any atom is -0.319 e. The van der Waals surface area contributed by atoms with Crippen LogP contribution in [0.1, 0.15) is 32.9 Å². The number of rotatable bonds is 4. The van der Waals surface area contributed by atoms with E-state index in [9.17, 15) is 18.0 Å². The molecule has 1 N–H and O–H groups in total. The van der Waals surface area contributed by atoms with Gasteiger partial charge in [-0.1, -0.05) is 24.3 Å². The topological polar surface area (TPSA) is 46.9 Å². The number of carbonyl (C=O) groups is 1. The van der Waals surface area contributed by atoms with E-state index >= 15 is 0 Å². The predicted octanol–water partition coefficient (Wildman–Crippen LogP) is 5.42. The Balaban J connectivity index is 1.85. The molecular weight excluding hydrogens is 482 g/mol. The lowest BCUT2D eigenvalue weighted by Crippen LogP contribution is -2.14. The molecule has 2 aromatic carbocycles. The van der Waals surface area contributed by atoms with E-state index in [1.807, 2.05) is 12.1 Å². The number of benzene rings is 2. The van der Waals surface area contributed by atoms with Gasteiger partial charge in [0, 0.05) is 3.57 Å². The van der Waals surface area contributed by atoms with Gasteiger partial charge >= 0.3 is 6.18 Å². The van der Waals surface area contributed by atoms with Crippen LogP contribution < -0.4 is 5.32 Å². The molecule has 3 rings (SSSR count). The van der Waals surface area contributed by atoms with Gasteiger partial charge in [-0.2, -0.15) is 18.3 Å². The summed E-state index contributed by atoms with van der Waals surface area (Å²) in [5.41, 5.74) is 2.18. The van der Waals surface area contributed by atoms with Crippen molar-refractivity contribution in [1.82, 2.24) is 9.78 Å². The molecule has 0 aliphatic carbocycles. The summed E-state index contributed by atoms with van der Waals surface area (Å²) in [6, 6.07) is 12.4. The van der Waals surface area contributed by atoms with Gasteiger partial charge in [0.15, 0.2) is 0 Å². The van der Waals surface area contributed by atoms with Crippen molar-refractivity contribution in [3.63, 3.8) is 0 Å². The highest BCUT2D eigenvalue weighted by Crippen LogP contribution is 2.30. The second-order valence-electron chi connectivity index (χ2n) is 6.34. The molecule has 3 aromatic rings. The summed E-state index contributed by atoms with van der Waals surface area (Å²) >= 11 is 2.09. The second-order valence-corrected chi connectivity index (χ2v) is 7.50. The molecule has 4 nitrogen and oxygen atoms in total. The van der Waals surface area contributed by atoms with Gasteiger partial charge in [0.05, 0.1) is 34.7 Å². The maximum Gasteiger partial charge on any atom is 0.416 e. The number of hydrogen-bond donors (Lipinski definition) is 1. The summed E-state index contributed by atoms with van der Waals surface area (Å²) in [4.78, 5) is 12.6. The zero-order valence-electron chi connectivity index (χ0n) is 15.1. The number of nitrogens with zero attached hydrogens (tertiary/aromatic N) is 2. The first-order valence-electron chi connectivity index (χ1n) is 8.43. The summed E-state index contributed by atoms with van der Waals surface area (Å²) in [6.45, 7) is 3.70. The van der Waals surface area contributed by atoms with Crippen LogP contribution in [0.15, 0.2) is 48.5 Å². The van der Waals surface area contributed by atoms with Crippen LogP contribution in [0.3, 0.4) is 0 Å². The minimum absolute atomic E-state index is 0.176. The number of anilines is 1. The zero-order valence-corrected chi connectivity index (χ0v) is 17.3. The van der Waals surface area contributed by atoms with Crippen molar-refractivity contribution in [1.29, 1.82) is 0 Å². The summed E-state index contributed by atoms with van der Waals surface area (Å²) in [6.07, 6.45) is -4.39. The van der Waals surface area contributed by atoms with Gasteiger partial charge in [-0.15, -0.1) is 0 Å². The quantitative estimate of drug-likeness (QED) is 0.488. The summed E-state index contributed by atoms with van der Waals surface area (Å²) in [5.74, 6) is -0.255. The molecular formula is C20H17F3IN3O. The van der Waals surface area contributed by atoms with Crippen molar-refractivity contribution in [2.75, 3.05) is 5.32 Å². The Kier molecular flexibility index (Phi) is 5.78. The molecule has 28 heavy (non-hydrogen) atoms. The van der Waals surface area contributed by atoms with Gasteiger partial charge in [-0.05, 0) is 66.3 Å². The molecule has 146 valence electrons. The SMILES string of the molecule is Cc1nn(Cc2cccc(C(F)(F)F)c2)c(C)c1NC(=O)c1ccccc1I. The first-order valence-corrected chi connectivity index (χ1v) is 9.50. The van der Waals surface area contributed by atoms with Crippen LogP contribution in [0.5, 0.6) is 0 Å². The van der Waals surface area contributed by atoms with E-state index in [0.29, 0.717) is 28.2 Å². The fraction of sp³-hybridized carbons (Fsp3) is 0.200. The van der Waals surface area contributed by atoms with Crippen molar-refractivity contribution < 1.29 is 18.0 Å². The van der Waals surface area contributed by atoms with E-state index < -0.39 is 11.7 Å². The van der Waals surface area contributed by atoms with Crippen LogP contribution in [-0.2, 0) is 12.7 Å². The average Bonchev–Trinajstić information content (AvgIpc) is 2.89. The Bertz CT molecular complexity index is 1030. The Hall–Kier alpha value is -2.36. The van der Waals surface area contributed by atoms with Gasteiger partial charge < -0.3 is 5.32 Å². The number of carbonyl (C=O) groups excluding carboxylic acids is 1. The monoisotopic (exact) mass is 499 g/mol. The van der Waals surface area contributed by atoms with E-state index in [-0.39, 0.29) is 12.5 Å². The van der Waals surface area contributed by atoms with Crippen LogP contribution >= 0.6 is 22.6 Å². The number of nitrogens with one attached hydrogen (secondary N) is 1. The smallest absolute Gasteiger partial charge is 0.319 e. The molecule has 0 aliphatic rings. The van der Waals surface area contributed by atoms with Crippen molar-refractivity contribution in [2.45, 2.75) is 26.6 Å². The standard InChI is InChI=1S/C20H17F3IN3O/c1-12-18(25-19(28)16-8-3-4-9-17(16)24)13(2)27(26-12)11-14-6-5-7-15(10-14)20(21,22)23/h3-10H,11H2,1-2H3,(H,25,28). The Morgan fingerprint density at radius 3 is 2.54 bits per heavy atom. The van der Waals surface area contributed by atoms with Gasteiger partial charge in [-0.3, -0.25) is 9.48 Å². The highest BCUT2D eigenvalue weighted by atomic mass is 127. The van der Waals surface area contributed by atoms with Crippen LogP contribution in [0.2, 0.25) is 0 Å². The molecule has 0 saturated heterocycles. The highest BCUT2D eigenvalue weighted by Gasteiger charge is 2.30. The van der Waals surface area contributed by atoms with Crippen LogP contribution in [0.4, 0.5) is 18.9 Å². The lowest BCUT2D eigenvalue weighted by Gasteiger charge is -2.10. The van der Waals surface area contributed by atoms with Gasteiger partial charge in [0.2, 0.25) is 0 Å². The molecule has 0 radical (unpaired) electrons. The fourth-order valence-corrected chi connectivity index (χ4v) is 3.51. The number of aromatic nitrogens is 2. The molecule has 1 heterocycles. The van der Waals surface area contributed by atoms with Gasteiger partial charge in [0.25, 0.3) is 5.91 Å². The van der Waals surface area contributed by atoms with Crippen molar-refractivity contribution >= 4 is 34.2 Å². The summed E-state index contributed by atoms with van der Waals surface area (Å²) < 4.78 is 41.2.